The molecule has 0 bridgehead atoms. The molecule has 0 aromatic rings. The first-order valence-electron chi connectivity index (χ1n) is 8.80. The van der Waals surface area contributed by atoms with E-state index in [4.69, 9.17) is 0 Å². The zero-order valence-corrected chi connectivity index (χ0v) is 15.7. The molecule has 0 radical (unpaired) electrons. The number of likely N-dealkylation sites (tertiary alicyclic amines) is 1. The number of hydrogen-bond donors (Lipinski definition) is 2. The van der Waals surface area contributed by atoms with Gasteiger partial charge in [0.05, 0.1) is 0 Å². The molecule has 1 rings (SSSR count). The van der Waals surface area contributed by atoms with Crippen molar-refractivity contribution in [2.75, 3.05) is 40.3 Å². The van der Waals surface area contributed by atoms with Gasteiger partial charge in [0.1, 0.15) is 0 Å². The van der Waals surface area contributed by atoms with Crippen molar-refractivity contribution in [2.24, 2.45) is 10.9 Å². The van der Waals surface area contributed by atoms with Gasteiger partial charge < -0.3 is 15.5 Å². The van der Waals surface area contributed by atoms with E-state index in [1.54, 1.807) is 0 Å². The van der Waals surface area contributed by atoms with Gasteiger partial charge in [0.25, 0.3) is 0 Å². The van der Waals surface area contributed by atoms with E-state index in [0.29, 0.717) is 24.0 Å². The van der Waals surface area contributed by atoms with E-state index in [1.807, 2.05) is 7.05 Å². The minimum absolute atomic E-state index is 0.487. The standard InChI is InChI=1S/C17H37N5/c1-8-15(5)21(7)10-9-19-17(18-6)20-16-12-22(13(2)3)11-14(16)4/h13-16H,8-12H2,1-7H3,(H2,18,19,20). The lowest BCUT2D eigenvalue weighted by atomic mass is 10.1. The molecule has 0 aromatic carbocycles. The Bertz CT molecular complexity index is 342. The molecule has 0 aromatic heterocycles. The van der Waals surface area contributed by atoms with Crippen LogP contribution in [0.1, 0.15) is 41.0 Å². The highest BCUT2D eigenvalue weighted by atomic mass is 15.3. The minimum Gasteiger partial charge on any atom is -0.355 e. The molecule has 2 N–H and O–H groups in total. The largest absolute Gasteiger partial charge is 0.355 e. The van der Waals surface area contributed by atoms with E-state index in [2.05, 4.69) is 67.1 Å². The number of nitrogens with one attached hydrogen (secondary N) is 2. The molecule has 3 unspecified atom stereocenters. The summed E-state index contributed by atoms with van der Waals surface area (Å²) in [6.07, 6.45) is 1.19. The Hall–Kier alpha value is -0.810. The summed E-state index contributed by atoms with van der Waals surface area (Å²) < 4.78 is 0. The summed E-state index contributed by atoms with van der Waals surface area (Å²) in [5, 5.41) is 7.05. The van der Waals surface area contributed by atoms with Crippen LogP contribution in [-0.4, -0.2) is 74.2 Å². The van der Waals surface area contributed by atoms with Gasteiger partial charge >= 0.3 is 0 Å². The fourth-order valence-electron chi connectivity index (χ4n) is 2.87. The van der Waals surface area contributed by atoms with Crippen LogP contribution in [0.5, 0.6) is 0 Å². The summed E-state index contributed by atoms with van der Waals surface area (Å²) in [7, 11) is 4.04. The fraction of sp³-hybridized carbons (Fsp3) is 0.941. The molecule has 1 heterocycles. The highest BCUT2D eigenvalue weighted by molar-refractivity contribution is 5.80. The number of rotatable bonds is 7. The molecule has 5 heteroatoms. The van der Waals surface area contributed by atoms with Crippen LogP contribution in [0.25, 0.3) is 0 Å². The van der Waals surface area contributed by atoms with E-state index in [9.17, 15) is 0 Å². The van der Waals surface area contributed by atoms with Crippen LogP contribution in [0.3, 0.4) is 0 Å². The van der Waals surface area contributed by atoms with E-state index < -0.39 is 0 Å². The van der Waals surface area contributed by atoms with Crippen LogP contribution in [0, 0.1) is 5.92 Å². The molecule has 1 aliphatic rings. The van der Waals surface area contributed by atoms with E-state index in [0.717, 1.165) is 25.6 Å². The summed E-state index contributed by atoms with van der Waals surface area (Å²) in [4.78, 5) is 9.30. The minimum atomic E-state index is 0.487. The Morgan fingerprint density at radius 3 is 2.50 bits per heavy atom. The normalized spacial score (nSPS) is 25.0. The number of guanidine groups is 1. The van der Waals surface area contributed by atoms with Crippen molar-refractivity contribution in [3.8, 4) is 0 Å². The van der Waals surface area contributed by atoms with E-state index >= 15 is 0 Å². The zero-order valence-electron chi connectivity index (χ0n) is 15.7. The molecule has 0 amide bonds. The number of nitrogens with zero attached hydrogens (tertiary/aromatic N) is 3. The Balaban J connectivity index is 2.37. The Kier molecular flexibility index (Phi) is 8.18. The molecule has 0 saturated carbocycles. The van der Waals surface area contributed by atoms with Crippen LogP contribution < -0.4 is 10.6 Å². The Labute approximate surface area is 137 Å². The van der Waals surface area contributed by atoms with Gasteiger partial charge in [0.2, 0.25) is 0 Å². The van der Waals surface area contributed by atoms with Gasteiger partial charge in [-0.25, -0.2) is 0 Å². The average molecular weight is 312 g/mol. The molecule has 1 fully saturated rings. The summed E-state index contributed by atoms with van der Waals surface area (Å²) in [6, 6.07) is 1.74. The van der Waals surface area contributed by atoms with E-state index in [1.165, 1.54) is 13.0 Å². The molecule has 3 atom stereocenters. The monoisotopic (exact) mass is 311 g/mol. The van der Waals surface area contributed by atoms with Crippen molar-refractivity contribution in [2.45, 2.75) is 59.2 Å². The highest BCUT2D eigenvalue weighted by Crippen LogP contribution is 2.18. The molecule has 0 aliphatic carbocycles. The van der Waals surface area contributed by atoms with Crippen LogP contribution >= 0.6 is 0 Å². The van der Waals surface area contributed by atoms with Gasteiger partial charge in [-0.05, 0) is 40.2 Å². The number of likely N-dealkylation sites (N-methyl/N-ethyl adjacent to an activating group) is 1. The van der Waals surface area contributed by atoms with Crippen molar-refractivity contribution < 1.29 is 0 Å². The maximum Gasteiger partial charge on any atom is 0.191 e. The van der Waals surface area contributed by atoms with Gasteiger partial charge in [-0.15, -0.1) is 0 Å². The first-order valence-corrected chi connectivity index (χ1v) is 8.80. The predicted octanol–water partition coefficient (Wildman–Crippen LogP) is 1.61. The first-order chi connectivity index (χ1) is 10.4. The lowest BCUT2D eigenvalue weighted by Crippen LogP contribution is -2.48. The molecule has 0 spiro atoms. The van der Waals surface area contributed by atoms with Crippen molar-refractivity contribution in [1.29, 1.82) is 0 Å². The van der Waals surface area contributed by atoms with Crippen LogP contribution in [0.2, 0.25) is 0 Å². The van der Waals surface area contributed by atoms with Gasteiger partial charge in [0.15, 0.2) is 5.96 Å². The second kappa shape index (κ2) is 9.36. The SMILES string of the molecule is CCC(C)N(C)CCNC(=NC)NC1CN(C(C)C)CC1C. The third-order valence-corrected chi connectivity index (χ3v) is 5.02. The van der Waals surface area contributed by atoms with Crippen molar-refractivity contribution in [1.82, 2.24) is 20.4 Å². The smallest absolute Gasteiger partial charge is 0.191 e. The lowest BCUT2D eigenvalue weighted by molar-refractivity contribution is 0.255. The first kappa shape index (κ1) is 19.2. The summed E-state index contributed by atoms with van der Waals surface area (Å²) in [5.74, 6) is 1.59. The summed E-state index contributed by atoms with van der Waals surface area (Å²) in [6.45, 7) is 15.6. The second-order valence-corrected chi connectivity index (χ2v) is 7.01. The Morgan fingerprint density at radius 1 is 1.32 bits per heavy atom. The van der Waals surface area contributed by atoms with E-state index in [-0.39, 0.29) is 0 Å². The molecule has 130 valence electrons. The predicted molar refractivity (Wildman–Crippen MR) is 96.5 cm³/mol. The third kappa shape index (κ3) is 5.76. The van der Waals surface area contributed by atoms with Gasteiger partial charge in [-0.2, -0.15) is 0 Å². The molecule has 22 heavy (non-hydrogen) atoms. The highest BCUT2D eigenvalue weighted by Gasteiger charge is 2.31. The average Bonchev–Trinajstić information content (AvgIpc) is 2.86. The van der Waals surface area contributed by atoms with Crippen molar-refractivity contribution in [3.05, 3.63) is 0 Å². The van der Waals surface area contributed by atoms with Gasteiger partial charge in [-0.3, -0.25) is 9.89 Å². The second-order valence-electron chi connectivity index (χ2n) is 7.01. The molecule has 5 nitrogen and oxygen atoms in total. The molecule has 1 aliphatic heterocycles. The van der Waals surface area contributed by atoms with Crippen LogP contribution in [0.4, 0.5) is 0 Å². The molecular formula is C17H37N5. The number of hydrogen-bond acceptors (Lipinski definition) is 3. The molecule has 1 saturated heterocycles. The van der Waals surface area contributed by atoms with Crippen molar-refractivity contribution >= 4 is 5.96 Å². The third-order valence-electron chi connectivity index (χ3n) is 5.02. The quantitative estimate of drug-likeness (QED) is 0.554. The summed E-state index contributed by atoms with van der Waals surface area (Å²) in [5.41, 5.74) is 0. The fourth-order valence-corrected chi connectivity index (χ4v) is 2.87. The Morgan fingerprint density at radius 2 is 2.00 bits per heavy atom. The maximum absolute atomic E-state index is 4.38. The molecular weight excluding hydrogens is 274 g/mol. The summed E-state index contributed by atoms with van der Waals surface area (Å²) >= 11 is 0. The van der Waals surface area contributed by atoms with Gasteiger partial charge in [0, 0.05) is 51.4 Å². The van der Waals surface area contributed by atoms with Crippen molar-refractivity contribution in [3.63, 3.8) is 0 Å². The lowest BCUT2D eigenvalue weighted by Gasteiger charge is -2.25. The van der Waals surface area contributed by atoms with Gasteiger partial charge in [-0.1, -0.05) is 13.8 Å². The zero-order chi connectivity index (χ0) is 16.7. The topological polar surface area (TPSA) is 42.9 Å². The van der Waals surface area contributed by atoms with Crippen LogP contribution in [-0.2, 0) is 0 Å². The van der Waals surface area contributed by atoms with Crippen LogP contribution in [0.15, 0.2) is 4.99 Å². The maximum atomic E-state index is 4.38. The number of aliphatic imine (C=N–C) groups is 1.